The van der Waals surface area contributed by atoms with Gasteiger partial charge in [0.15, 0.2) is 0 Å². The van der Waals surface area contributed by atoms with Crippen LogP contribution in [0, 0.1) is 10.1 Å². The fraction of sp³-hybridized carbons (Fsp3) is 0. The van der Waals surface area contributed by atoms with Gasteiger partial charge in [0.05, 0.1) is 20.4 Å². The topological polar surface area (TPSA) is 93.3 Å². The maximum absolute atomic E-state index is 11.0. The van der Waals surface area contributed by atoms with Gasteiger partial charge in [0.25, 0.3) is 5.69 Å². The number of hydrogen-bond donors (Lipinski definition) is 1. The lowest BCUT2D eigenvalue weighted by Gasteiger charge is -2.04. The third kappa shape index (κ3) is 3.25. The summed E-state index contributed by atoms with van der Waals surface area (Å²) in [6.07, 6.45) is 1.41. The zero-order valence-electron chi connectivity index (χ0n) is 9.82. The molecule has 0 aliphatic rings. The molecule has 102 valence electrons. The van der Waals surface area contributed by atoms with Gasteiger partial charge in [-0.1, -0.05) is 23.4 Å². The van der Waals surface area contributed by atoms with Gasteiger partial charge >= 0.3 is 5.97 Å². The summed E-state index contributed by atoms with van der Waals surface area (Å²) in [5.41, 5.74) is -0.191. The molecule has 0 fully saturated rings. The van der Waals surface area contributed by atoms with E-state index in [9.17, 15) is 14.9 Å². The Kier molecular flexibility index (Phi) is 4.21. The summed E-state index contributed by atoms with van der Waals surface area (Å²) in [5, 5.41) is 20.8. The van der Waals surface area contributed by atoms with Crippen molar-refractivity contribution < 1.29 is 14.8 Å². The molecule has 2 rings (SSSR count). The van der Waals surface area contributed by atoms with E-state index >= 15 is 0 Å². The van der Waals surface area contributed by atoms with Gasteiger partial charge < -0.3 is 5.11 Å². The van der Waals surface area contributed by atoms with Gasteiger partial charge in [0, 0.05) is 12.3 Å². The van der Waals surface area contributed by atoms with Gasteiger partial charge in [-0.15, -0.1) is 0 Å². The maximum Gasteiger partial charge on any atom is 0.335 e. The van der Waals surface area contributed by atoms with Gasteiger partial charge in [0.2, 0.25) is 0 Å². The van der Waals surface area contributed by atoms with Gasteiger partial charge in [-0.05, 0) is 24.3 Å². The second kappa shape index (κ2) is 5.89. The van der Waals surface area contributed by atoms with Crippen molar-refractivity contribution in [1.82, 2.24) is 4.98 Å². The zero-order valence-corrected chi connectivity index (χ0v) is 11.4. The molecule has 0 atom stereocenters. The first kappa shape index (κ1) is 14.3. The number of nitro groups is 1. The van der Waals surface area contributed by atoms with Crippen LogP contribution in [0.3, 0.4) is 0 Å². The first-order chi connectivity index (χ1) is 9.47. The summed E-state index contributed by atoms with van der Waals surface area (Å²) < 4.78 is 0. The molecule has 1 aromatic heterocycles. The fourth-order valence-electron chi connectivity index (χ4n) is 1.42. The molecule has 0 unspecified atom stereocenters. The van der Waals surface area contributed by atoms with Crippen LogP contribution in [0.4, 0.5) is 5.69 Å². The highest BCUT2D eigenvalue weighted by Crippen LogP contribution is 2.34. The van der Waals surface area contributed by atoms with E-state index in [1.165, 1.54) is 24.4 Å². The van der Waals surface area contributed by atoms with Crippen LogP contribution in [0.25, 0.3) is 0 Å². The monoisotopic (exact) mass is 310 g/mol. The zero-order chi connectivity index (χ0) is 14.7. The number of nitrogens with zero attached hydrogens (tertiary/aromatic N) is 2. The predicted octanol–water partition coefficient (Wildman–Crippen LogP) is 3.49. The van der Waals surface area contributed by atoms with E-state index in [-0.39, 0.29) is 16.1 Å². The van der Waals surface area contributed by atoms with Crippen LogP contribution < -0.4 is 0 Å². The van der Waals surface area contributed by atoms with E-state index in [1.807, 2.05) is 0 Å². The minimum Gasteiger partial charge on any atom is -0.478 e. The third-order valence-corrected chi connectivity index (χ3v) is 3.54. The number of rotatable bonds is 4. The number of carbonyl (C=O) groups is 1. The third-order valence-electron chi connectivity index (χ3n) is 2.32. The van der Waals surface area contributed by atoms with E-state index in [0.29, 0.717) is 10.0 Å². The Morgan fingerprint density at radius 1 is 1.35 bits per heavy atom. The van der Waals surface area contributed by atoms with Crippen molar-refractivity contribution in [3.05, 3.63) is 57.2 Å². The van der Waals surface area contributed by atoms with Crippen LogP contribution in [-0.4, -0.2) is 21.0 Å². The molecular weight excluding hydrogens is 304 g/mol. The Morgan fingerprint density at radius 2 is 2.10 bits per heavy atom. The predicted molar refractivity (Wildman–Crippen MR) is 73.4 cm³/mol. The summed E-state index contributed by atoms with van der Waals surface area (Å²) >= 11 is 6.71. The molecule has 1 N–H and O–H groups in total. The second-order valence-electron chi connectivity index (χ2n) is 3.66. The molecule has 0 aliphatic heterocycles. The van der Waals surface area contributed by atoms with Crippen molar-refractivity contribution in [2.75, 3.05) is 0 Å². The van der Waals surface area contributed by atoms with Crippen molar-refractivity contribution >= 4 is 35.0 Å². The standard InChI is InChI=1S/C12H7ClN2O4S/c13-8-2-4-11(14-6-8)20-10-5-7(12(16)17)1-3-9(10)15(18)19/h1-6H,(H,16,17). The van der Waals surface area contributed by atoms with E-state index in [4.69, 9.17) is 16.7 Å². The SMILES string of the molecule is O=C(O)c1ccc([N+](=O)[O-])c(Sc2ccc(Cl)cn2)c1. The van der Waals surface area contributed by atoms with E-state index in [0.717, 1.165) is 11.8 Å². The molecule has 0 radical (unpaired) electrons. The first-order valence-electron chi connectivity index (χ1n) is 5.28. The van der Waals surface area contributed by atoms with Crippen molar-refractivity contribution in [3.63, 3.8) is 0 Å². The summed E-state index contributed by atoms with van der Waals surface area (Å²) in [5.74, 6) is -1.15. The van der Waals surface area contributed by atoms with Gasteiger partial charge in [-0.2, -0.15) is 0 Å². The van der Waals surface area contributed by atoms with Crippen LogP contribution in [-0.2, 0) is 0 Å². The Morgan fingerprint density at radius 3 is 2.65 bits per heavy atom. The summed E-state index contributed by atoms with van der Waals surface area (Å²) in [6, 6.07) is 6.82. The van der Waals surface area contributed by atoms with Crippen LogP contribution in [0.1, 0.15) is 10.4 Å². The van der Waals surface area contributed by atoms with Crippen LogP contribution in [0.15, 0.2) is 46.5 Å². The minimum atomic E-state index is -1.15. The largest absolute Gasteiger partial charge is 0.478 e. The Balaban J connectivity index is 2.41. The quantitative estimate of drug-likeness (QED) is 0.686. The molecular formula is C12H7ClN2O4S. The normalized spacial score (nSPS) is 10.2. The van der Waals surface area contributed by atoms with Crippen molar-refractivity contribution in [3.8, 4) is 0 Å². The lowest BCUT2D eigenvalue weighted by Crippen LogP contribution is -1.98. The van der Waals surface area contributed by atoms with Gasteiger partial charge in [-0.25, -0.2) is 9.78 Å². The molecule has 0 aliphatic carbocycles. The highest BCUT2D eigenvalue weighted by Gasteiger charge is 2.18. The molecule has 0 bridgehead atoms. The second-order valence-corrected chi connectivity index (χ2v) is 5.16. The number of nitro benzene ring substituents is 1. The number of aromatic nitrogens is 1. The molecule has 0 saturated heterocycles. The van der Waals surface area contributed by atoms with Gasteiger partial charge in [-0.3, -0.25) is 10.1 Å². The Hall–Kier alpha value is -2.12. The smallest absolute Gasteiger partial charge is 0.335 e. The number of aromatic carboxylic acids is 1. The number of hydrogen-bond acceptors (Lipinski definition) is 5. The Labute approximate surface area is 122 Å². The highest BCUT2D eigenvalue weighted by atomic mass is 35.5. The molecule has 2 aromatic rings. The number of carboxylic acid groups (broad SMARTS) is 1. The molecule has 0 spiro atoms. The van der Waals surface area contributed by atoms with Crippen LogP contribution in [0.2, 0.25) is 5.02 Å². The minimum absolute atomic E-state index is 0.0212. The molecule has 8 heteroatoms. The van der Waals surface area contributed by atoms with E-state index in [2.05, 4.69) is 4.98 Å². The number of pyridine rings is 1. The summed E-state index contributed by atoms with van der Waals surface area (Å²) in [6.45, 7) is 0. The maximum atomic E-state index is 11.0. The Bertz CT molecular complexity index is 676. The molecule has 6 nitrogen and oxygen atoms in total. The molecule has 1 aromatic carbocycles. The fourth-order valence-corrected chi connectivity index (χ4v) is 2.43. The first-order valence-corrected chi connectivity index (χ1v) is 6.48. The molecule has 1 heterocycles. The van der Waals surface area contributed by atoms with E-state index in [1.54, 1.807) is 12.1 Å². The van der Waals surface area contributed by atoms with Crippen molar-refractivity contribution in [2.24, 2.45) is 0 Å². The summed E-state index contributed by atoms with van der Waals surface area (Å²) in [4.78, 5) is 25.5. The van der Waals surface area contributed by atoms with Crippen LogP contribution in [0.5, 0.6) is 0 Å². The van der Waals surface area contributed by atoms with Crippen molar-refractivity contribution in [2.45, 2.75) is 9.92 Å². The number of carboxylic acids is 1. The molecule has 0 amide bonds. The highest BCUT2D eigenvalue weighted by molar-refractivity contribution is 7.99. The molecule has 20 heavy (non-hydrogen) atoms. The van der Waals surface area contributed by atoms with Crippen LogP contribution >= 0.6 is 23.4 Å². The molecule has 0 saturated carbocycles. The van der Waals surface area contributed by atoms with Crippen molar-refractivity contribution in [1.29, 1.82) is 0 Å². The number of benzene rings is 1. The van der Waals surface area contributed by atoms with Gasteiger partial charge in [0.1, 0.15) is 5.03 Å². The summed E-state index contributed by atoms with van der Waals surface area (Å²) in [7, 11) is 0. The average Bonchev–Trinajstić information content (AvgIpc) is 2.41. The lowest BCUT2D eigenvalue weighted by molar-refractivity contribution is -0.387. The average molecular weight is 311 g/mol. The number of halogens is 1. The lowest BCUT2D eigenvalue weighted by atomic mass is 10.2. The van der Waals surface area contributed by atoms with E-state index < -0.39 is 10.9 Å².